The highest BCUT2D eigenvalue weighted by atomic mass is 16.2. The number of hydrogen-bond donors (Lipinski definition) is 1. The normalized spacial score (nSPS) is 27.6. The van der Waals surface area contributed by atoms with Crippen molar-refractivity contribution in [3.8, 4) is 0 Å². The second-order valence-corrected chi connectivity index (χ2v) is 4.93. The Morgan fingerprint density at radius 2 is 2.12 bits per heavy atom. The number of imide groups is 1. The van der Waals surface area contributed by atoms with Gasteiger partial charge in [-0.05, 0) is 32.1 Å². The number of nitrogens with one attached hydrogen (secondary N) is 1. The van der Waals surface area contributed by atoms with E-state index in [9.17, 15) is 9.59 Å². The van der Waals surface area contributed by atoms with Gasteiger partial charge in [-0.15, -0.1) is 0 Å². The first-order valence-corrected chi connectivity index (χ1v) is 6.23. The van der Waals surface area contributed by atoms with E-state index >= 15 is 0 Å². The molecule has 1 saturated heterocycles. The van der Waals surface area contributed by atoms with Crippen molar-refractivity contribution in [3.05, 3.63) is 0 Å². The molecule has 2 fully saturated rings. The first-order valence-electron chi connectivity index (χ1n) is 6.23. The van der Waals surface area contributed by atoms with Gasteiger partial charge in [-0.1, -0.05) is 6.92 Å². The molecule has 1 heterocycles. The highest BCUT2D eigenvalue weighted by Gasteiger charge is 2.40. The molecule has 1 N–H and O–H groups in total. The molecule has 1 saturated carbocycles. The minimum Gasteiger partial charge on any atom is -0.303 e. The third-order valence-corrected chi connectivity index (χ3v) is 3.48. The van der Waals surface area contributed by atoms with E-state index in [0.717, 1.165) is 6.42 Å². The van der Waals surface area contributed by atoms with Crippen molar-refractivity contribution in [2.24, 2.45) is 5.92 Å². The second kappa shape index (κ2) is 4.53. The van der Waals surface area contributed by atoms with Crippen LogP contribution in [0.4, 0.5) is 0 Å². The molecule has 4 nitrogen and oxygen atoms in total. The molecule has 2 unspecified atom stereocenters. The zero-order valence-corrected chi connectivity index (χ0v) is 10.0. The van der Waals surface area contributed by atoms with Crippen molar-refractivity contribution in [2.45, 2.75) is 51.6 Å². The summed E-state index contributed by atoms with van der Waals surface area (Å²) in [7, 11) is 0. The summed E-state index contributed by atoms with van der Waals surface area (Å²) in [6, 6.07) is 0.0953. The fourth-order valence-corrected chi connectivity index (χ4v) is 2.32. The number of hydrogen-bond acceptors (Lipinski definition) is 3. The molecule has 2 atom stereocenters. The van der Waals surface area contributed by atoms with E-state index in [4.69, 9.17) is 0 Å². The maximum Gasteiger partial charge on any atom is 0.246 e. The predicted octanol–water partition coefficient (Wildman–Crippen LogP) is 0.912. The summed E-state index contributed by atoms with van der Waals surface area (Å²) in [6.07, 6.45) is 3.68. The molecule has 0 spiro atoms. The average Bonchev–Trinajstić information content (AvgIpc) is 3.03. The Balaban J connectivity index is 1.91. The molecule has 4 heteroatoms. The summed E-state index contributed by atoms with van der Waals surface area (Å²) in [4.78, 5) is 24.9. The maximum absolute atomic E-state index is 11.9. The Labute approximate surface area is 96.4 Å². The molecule has 0 aromatic heterocycles. The van der Waals surface area contributed by atoms with E-state index in [2.05, 4.69) is 12.2 Å². The Morgan fingerprint density at radius 3 is 2.69 bits per heavy atom. The molecule has 16 heavy (non-hydrogen) atoms. The van der Waals surface area contributed by atoms with Crippen LogP contribution in [0.25, 0.3) is 0 Å². The SMILES string of the molecule is CCCN1C(=O)CC(NC(C)C2CC2)C1=O. The molecule has 2 rings (SSSR count). The molecule has 90 valence electrons. The minimum atomic E-state index is -0.269. The third-order valence-electron chi connectivity index (χ3n) is 3.48. The fraction of sp³-hybridized carbons (Fsp3) is 0.833. The lowest BCUT2D eigenvalue weighted by Gasteiger charge is -2.18. The number of rotatable bonds is 5. The summed E-state index contributed by atoms with van der Waals surface area (Å²) in [5, 5.41) is 3.30. The maximum atomic E-state index is 11.9. The van der Waals surface area contributed by atoms with Crippen LogP contribution in [-0.4, -0.2) is 35.3 Å². The van der Waals surface area contributed by atoms with E-state index in [0.29, 0.717) is 24.9 Å². The van der Waals surface area contributed by atoms with Gasteiger partial charge in [-0.2, -0.15) is 0 Å². The molecule has 0 aromatic rings. The van der Waals surface area contributed by atoms with Gasteiger partial charge in [0.05, 0.1) is 12.5 Å². The van der Waals surface area contributed by atoms with Gasteiger partial charge < -0.3 is 5.32 Å². The van der Waals surface area contributed by atoms with E-state index in [1.807, 2.05) is 6.92 Å². The quantitative estimate of drug-likeness (QED) is 0.706. The lowest BCUT2D eigenvalue weighted by Crippen LogP contribution is -2.43. The summed E-state index contributed by atoms with van der Waals surface area (Å²) < 4.78 is 0. The van der Waals surface area contributed by atoms with Crippen LogP contribution in [0.1, 0.15) is 39.5 Å². The molecular weight excluding hydrogens is 204 g/mol. The predicted molar refractivity (Wildman–Crippen MR) is 60.7 cm³/mol. The van der Waals surface area contributed by atoms with E-state index in [1.54, 1.807) is 0 Å². The zero-order valence-electron chi connectivity index (χ0n) is 10.0. The molecule has 0 radical (unpaired) electrons. The van der Waals surface area contributed by atoms with Gasteiger partial charge in [-0.25, -0.2) is 0 Å². The monoisotopic (exact) mass is 224 g/mol. The summed E-state index contributed by atoms with van der Waals surface area (Å²) >= 11 is 0. The molecule has 1 aliphatic heterocycles. The van der Waals surface area contributed by atoms with Crippen LogP contribution in [0.5, 0.6) is 0 Å². The van der Waals surface area contributed by atoms with Gasteiger partial charge >= 0.3 is 0 Å². The number of amides is 2. The van der Waals surface area contributed by atoms with Gasteiger partial charge in [-0.3, -0.25) is 14.5 Å². The Hall–Kier alpha value is -0.900. The van der Waals surface area contributed by atoms with Crippen LogP contribution in [0.15, 0.2) is 0 Å². The highest BCUT2D eigenvalue weighted by molar-refractivity contribution is 6.05. The zero-order chi connectivity index (χ0) is 11.7. The van der Waals surface area contributed by atoms with Crippen LogP contribution >= 0.6 is 0 Å². The van der Waals surface area contributed by atoms with Gasteiger partial charge in [0.25, 0.3) is 0 Å². The topological polar surface area (TPSA) is 49.4 Å². The van der Waals surface area contributed by atoms with Crippen LogP contribution in [0.3, 0.4) is 0 Å². The molecule has 0 bridgehead atoms. The smallest absolute Gasteiger partial charge is 0.246 e. The first-order chi connectivity index (χ1) is 7.63. The van der Waals surface area contributed by atoms with Crippen LogP contribution < -0.4 is 5.32 Å². The standard InChI is InChI=1S/C12H20N2O2/c1-3-6-14-11(15)7-10(12(14)16)13-8(2)9-4-5-9/h8-10,13H,3-7H2,1-2H3. The fourth-order valence-electron chi connectivity index (χ4n) is 2.32. The van der Waals surface area contributed by atoms with E-state index in [1.165, 1.54) is 17.7 Å². The minimum absolute atomic E-state index is 0.0210. The van der Waals surface area contributed by atoms with Gasteiger partial charge in [0, 0.05) is 12.6 Å². The average molecular weight is 224 g/mol. The second-order valence-electron chi connectivity index (χ2n) is 4.93. The van der Waals surface area contributed by atoms with Crippen molar-refractivity contribution < 1.29 is 9.59 Å². The summed E-state index contributed by atoms with van der Waals surface area (Å²) in [5.74, 6) is 0.662. The number of likely N-dealkylation sites (tertiary alicyclic amines) is 1. The third kappa shape index (κ3) is 2.26. The van der Waals surface area contributed by atoms with Gasteiger partial charge in [0.2, 0.25) is 11.8 Å². The number of nitrogens with zero attached hydrogens (tertiary/aromatic N) is 1. The molecule has 2 aliphatic rings. The molecule has 1 aliphatic carbocycles. The van der Waals surface area contributed by atoms with Crippen LogP contribution in [0.2, 0.25) is 0 Å². The van der Waals surface area contributed by atoms with Crippen molar-refractivity contribution in [1.82, 2.24) is 10.2 Å². The lowest BCUT2D eigenvalue weighted by atomic mass is 10.1. The first kappa shape index (κ1) is 11.6. The van der Waals surface area contributed by atoms with Crippen LogP contribution in [0, 0.1) is 5.92 Å². The Morgan fingerprint density at radius 1 is 1.44 bits per heavy atom. The molecule has 0 aromatic carbocycles. The Kier molecular flexibility index (Phi) is 3.28. The van der Waals surface area contributed by atoms with Crippen molar-refractivity contribution >= 4 is 11.8 Å². The number of carbonyl (C=O) groups excluding carboxylic acids is 2. The van der Waals surface area contributed by atoms with E-state index in [-0.39, 0.29) is 17.9 Å². The van der Waals surface area contributed by atoms with Crippen molar-refractivity contribution in [3.63, 3.8) is 0 Å². The summed E-state index contributed by atoms with van der Waals surface area (Å²) in [6.45, 7) is 4.65. The lowest BCUT2D eigenvalue weighted by molar-refractivity contribution is -0.138. The van der Waals surface area contributed by atoms with Crippen LogP contribution in [-0.2, 0) is 9.59 Å². The summed E-state index contributed by atoms with van der Waals surface area (Å²) in [5.41, 5.74) is 0. The van der Waals surface area contributed by atoms with Gasteiger partial charge in [0.1, 0.15) is 0 Å². The largest absolute Gasteiger partial charge is 0.303 e. The van der Waals surface area contributed by atoms with Crippen molar-refractivity contribution in [1.29, 1.82) is 0 Å². The Bertz CT molecular complexity index is 299. The number of carbonyl (C=O) groups is 2. The molecule has 2 amide bonds. The highest BCUT2D eigenvalue weighted by Crippen LogP contribution is 2.33. The van der Waals surface area contributed by atoms with E-state index < -0.39 is 0 Å². The molecular formula is C12H20N2O2. The van der Waals surface area contributed by atoms with Gasteiger partial charge in [0.15, 0.2) is 0 Å². The van der Waals surface area contributed by atoms with Crippen molar-refractivity contribution in [2.75, 3.05) is 6.54 Å².